The average molecular weight is 487 g/mol. The molecule has 4 rings (SSSR count). The van der Waals surface area contributed by atoms with Gasteiger partial charge in [0.05, 0.1) is 29.9 Å². The number of hydrogen-bond acceptors (Lipinski definition) is 6. The Kier molecular flexibility index (Phi) is 6.55. The zero-order chi connectivity index (χ0) is 24.6. The van der Waals surface area contributed by atoms with Gasteiger partial charge in [0.2, 0.25) is 10.0 Å². The maximum atomic E-state index is 14.4. The summed E-state index contributed by atoms with van der Waals surface area (Å²) in [4.78, 5) is 12.5. The summed E-state index contributed by atoms with van der Waals surface area (Å²) in [5, 5.41) is 8.58. The standard InChI is InChI=1S/C24H27FN4O4S/c1-15(2)22(24(30)33-4)29-12-11-20-23(19-13-18(25)9-10-21(19)34(29,31)32)28(27-26-20)14-17-7-5-16(3)6-8-17/h5-10,13,15,22H,11-12,14H2,1-4H3/t22-/m0/s1. The molecule has 10 heteroatoms. The second-order valence-corrected chi connectivity index (χ2v) is 10.6. The van der Waals surface area contributed by atoms with Crippen molar-refractivity contribution in [2.24, 2.45) is 5.92 Å². The molecule has 0 spiro atoms. The lowest BCUT2D eigenvalue weighted by Gasteiger charge is -2.33. The van der Waals surface area contributed by atoms with Crippen molar-refractivity contribution >= 4 is 16.0 Å². The van der Waals surface area contributed by atoms with Crippen LogP contribution in [-0.2, 0) is 32.5 Å². The summed E-state index contributed by atoms with van der Waals surface area (Å²) in [6, 6.07) is 10.4. The summed E-state index contributed by atoms with van der Waals surface area (Å²) >= 11 is 0. The number of methoxy groups -OCH3 is 1. The van der Waals surface area contributed by atoms with Gasteiger partial charge in [0.15, 0.2) is 0 Å². The Morgan fingerprint density at radius 3 is 2.53 bits per heavy atom. The highest BCUT2D eigenvalue weighted by Gasteiger charge is 2.41. The number of rotatable bonds is 5. The summed E-state index contributed by atoms with van der Waals surface area (Å²) in [6.07, 6.45) is 0.207. The smallest absolute Gasteiger partial charge is 0.324 e. The fourth-order valence-corrected chi connectivity index (χ4v) is 6.18. The molecule has 1 atom stereocenters. The van der Waals surface area contributed by atoms with E-state index in [1.807, 2.05) is 31.2 Å². The van der Waals surface area contributed by atoms with Crippen LogP contribution >= 0.6 is 0 Å². The first-order chi connectivity index (χ1) is 16.1. The van der Waals surface area contributed by atoms with E-state index in [1.165, 1.54) is 19.2 Å². The summed E-state index contributed by atoms with van der Waals surface area (Å²) in [7, 11) is -2.95. The number of esters is 1. The van der Waals surface area contributed by atoms with Crippen LogP contribution in [0.3, 0.4) is 0 Å². The summed E-state index contributed by atoms with van der Waals surface area (Å²) < 4.78 is 49.7. The Hall–Kier alpha value is -3.11. The molecule has 1 aromatic heterocycles. The Morgan fingerprint density at radius 1 is 1.18 bits per heavy atom. The molecule has 180 valence electrons. The van der Waals surface area contributed by atoms with E-state index < -0.39 is 27.9 Å². The number of carbonyl (C=O) groups is 1. The minimum atomic E-state index is -4.18. The molecule has 8 nitrogen and oxygen atoms in total. The lowest BCUT2D eigenvalue weighted by atomic mass is 10.0. The molecule has 2 heterocycles. The number of nitrogens with zero attached hydrogens (tertiary/aromatic N) is 4. The molecule has 1 aliphatic heterocycles. The van der Waals surface area contributed by atoms with Crippen molar-refractivity contribution in [2.45, 2.75) is 44.7 Å². The Bertz CT molecular complexity index is 1320. The van der Waals surface area contributed by atoms with Gasteiger partial charge in [0.25, 0.3) is 0 Å². The van der Waals surface area contributed by atoms with Gasteiger partial charge in [0.1, 0.15) is 11.9 Å². The van der Waals surface area contributed by atoms with Crippen molar-refractivity contribution in [1.82, 2.24) is 19.3 Å². The van der Waals surface area contributed by atoms with Crippen LogP contribution in [-0.4, -0.2) is 53.4 Å². The zero-order valence-electron chi connectivity index (χ0n) is 19.5. The Balaban J connectivity index is 1.88. The topological polar surface area (TPSA) is 94.4 Å². The predicted molar refractivity (Wildman–Crippen MR) is 124 cm³/mol. The van der Waals surface area contributed by atoms with Gasteiger partial charge in [-0.05, 0) is 36.6 Å². The van der Waals surface area contributed by atoms with E-state index in [2.05, 4.69) is 10.3 Å². The normalized spacial score (nSPS) is 16.3. The van der Waals surface area contributed by atoms with Crippen molar-refractivity contribution in [3.05, 3.63) is 65.1 Å². The van der Waals surface area contributed by atoms with Crippen LogP contribution in [0.1, 0.15) is 30.7 Å². The highest BCUT2D eigenvalue weighted by Crippen LogP contribution is 2.36. The number of carbonyl (C=O) groups excluding carboxylic acids is 1. The average Bonchev–Trinajstić information content (AvgIpc) is 3.18. The van der Waals surface area contributed by atoms with Gasteiger partial charge in [-0.15, -0.1) is 5.10 Å². The van der Waals surface area contributed by atoms with E-state index in [0.717, 1.165) is 21.5 Å². The van der Waals surface area contributed by atoms with Crippen LogP contribution < -0.4 is 0 Å². The summed E-state index contributed by atoms with van der Waals surface area (Å²) in [6.45, 7) is 5.85. The molecule has 0 saturated carbocycles. The van der Waals surface area contributed by atoms with Gasteiger partial charge in [-0.1, -0.05) is 48.9 Å². The molecule has 0 radical (unpaired) electrons. The summed E-state index contributed by atoms with van der Waals surface area (Å²) in [5.74, 6) is -1.57. The maximum Gasteiger partial charge on any atom is 0.324 e. The van der Waals surface area contributed by atoms with Gasteiger partial charge in [0, 0.05) is 18.5 Å². The van der Waals surface area contributed by atoms with Crippen LogP contribution in [0.25, 0.3) is 11.3 Å². The van der Waals surface area contributed by atoms with E-state index in [1.54, 1.807) is 18.5 Å². The third-order valence-electron chi connectivity index (χ3n) is 5.99. The lowest BCUT2D eigenvalue weighted by Crippen LogP contribution is -2.49. The third-order valence-corrected chi connectivity index (χ3v) is 7.93. The molecule has 34 heavy (non-hydrogen) atoms. The number of benzene rings is 2. The van der Waals surface area contributed by atoms with Gasteiger partial charge in [-0.3, -0.25) is 4.79 Å². The minimum absolute atomic E-state index is 0.00726. The molecule has 0 bridgehead atoms. The minimum Gasteiger partial charge on any atom is -0.468 e. The third kappa shape index (κ3) is 4.35. The van der Waals surface area contributed by atoms with Crippen LogP contribution in [0.5, 0.6) is 0 Å². The van der Waals surface area contributed by atoms with Crippen LogP contribution in [0.2, 0.25) is 0 Å². The number of halogens is 1. The van der Waals surface area contributed by atoms with E-state index in [4.69, 9.17) is 4.74 Å². The number of aryl methyl sites for hydroxylation is 1. The van der Waals surface area contributed by atoms with E-state index in [0.29, 0.717) is 17.9 Å². The monoisotopic (exact) mass is 486 g/mol. The fourth-order valence-electron chi connectivity index (χ4n) is 4.30. The van der Waals surface area contributed by atoms with Crippen LogP contribution in [0, 0.1) is 18.7 Å². The second kappa shape index (κ2) is 9.27. The van der Waals surface area contributed by atoms with Crippen molar-refractivity contribution in [2.75, 3.05) is 13.7 Å². The second-order valence-electron chi connectivity index (χ2n) is 8.75. The molecule has 0 amide bonds. The molecular formula is C24H27FN4O4S. The number of hydrogen-bond donors (Lipinski definition) is 0. The molecule has 0 fully saturated rings. The first kappa shape index (κ1) is 24.0. The van der Waals surface area contributed by atoms with Crippen molar-refractivity contribution in [3.63, 3.8) is 0 Å². The Morgan fingerprint density at radius 2 is 1.88 bits per heavy atom. The highest BCUT2D eigenvalue weighted by atomic mass is 32.2. The number of sulfonamides is 1. The van der Waals surface area contributed by atoms with Gasteiger partial charge in [-0.2, -0.15) is 4.31 Å². The predicted octanol–water partition coefficient (Wildman–Crippen LogP) is 3.19. The van der Waals surface area contributed by atoms with E-state index >= 15 is 0 Å². The molecule has 0 saturated heterocycles. The largest absolute Gasteiger partial charge is 0.468 e. The van der Waals surface area contributed by atoms with Crippen molar-refractivity contribution in [1.29, 1.82) is 0 Å². The number of aromatic nitrogens is 3. The zero-order valence-corrected chi connectivity index (χ0v) is 20.3. The van der Waals surface area contributed by atoms with Crippen molar-refractivity contribution in [3.8, 4) is 11.3 Å². The van der Waals surface area contributed by atoms with E-state index in [-0.39, 0.29) is 29.3 Å². The first-order valence-electron chi connectivity index (χ1n) is 11.0. The molecule has 1 aliphatic rings. The van der Waals surface area contributed by atoms with Gasteiger partial charge >= 0.3 is 5.97 Å². The molecule has 0 unspecified atom stereocenters. The number of ether oxygens (including phenoxy) is 1. The quantitative estimate of drug-likeness (QED) is 0.514. The molecule has 0 aliphatic carbocycles. The maximum absolute atomic E-state index is 14.4. The molecule has 2 aromatic carbocycles. The van der Waals surface area contributed by atoms with Crippen LogP contribution in [0.15, 0.2) is 47.4 Å². The lowest BCUT2D eigenvalue weighted by molar-refractivity contribution is -0.146. The van der Waals surface area contributed by atoms with Crippen molar-refractivity contribution < 1.29 is 22.3 Å². The number of fused-ring (bicyclic) bond motifs is 3. The van der Waals surface area contributed by atoms with Crippen LogP contribution in [0.4, 0.5) is 4.39 Å². The highest BCUT2D eigenvalue weighted by molar-refractivity contribution is 7.89. The first-order valence-corrected chi connectivity index (χ1v) is 12.4. The van der Waals surface area contributed by atoms with Gasteiger partial charge in [-0.25, -0.2) is 17.5 Å². The molecular weight excluding hydrogens is 459 g/mol. The molecule has 0 N–H and O–H groups in total. The SMILES string of the molecule is COC(=O)[C@H](C(C)C)N1CCc2nnn(Cc3ccc(C)cc3)c2-c2cc(F)ccc2S1(=O)=O. The summed E-state index contributed by atoms with van der Waals surface area (Å²) in [5.41, 5.74) is 3.22. The Labute approximate surface area is 198 Å². The van der Waals surface area contributed by atoms with E-state index in [9.17, 15) is 17.6 Å². The molecule has 3 aromatic rings. The van der Waals surface area contributed by atoms with Gasteiger partial charge < -0.3 is 4.74 Å². The fraction of sp³-hybridized carbons (Fsp3) is 0.375.